The zero-order chi connectivity index (χ0) is 21.6. The minimum atomic E-state index is -0.280. The molecule has 0 radical (unpaired) electrons. The predicted octanol–water partition coefficient (Wildman–Crippen LogP) is 2.32. The fourth-order valence-corrected chi connectivity index (χ4v) is 3.54. The third kappa shape index (κ3) is 4.85. The number of amides is 1. The molecule has 8 nitrogen and oxygen atoms in total. The van der Waals surface area contributed by atoms with Crippen LogP contribution in [0.25, 0.3) is 0 Å². The highest BCUT2D eigenvalue weighted by Crippen LogP contribution is 2.22. The number of nitrogens with zero attached hydrogens (tertiary/aromatic N) is 4. The summed E-state index contributed by atoms with van der Waals surface area (Å²) >= 11 is 0. The summed E-state index contributed by atoms with van der Waals surface area (Å²) in [6, 6.07) is 17.8. The number of carbonyl (C=O) groups is 1. The maximum absolute atomic E-state index is 12.5. The van der Waals surface area contributed by atoms with E-state index in [1.165, 1.54) is 6.20 Å². The number of piperazine rings is 1. The topological polar surface area (TPSA) is 96.6 Å². The molecule has 1 fully saturated rings. The molecule has 0 spiro atoms. The Bertz CT molecular complexity index is 1020. The lowest BCUT2D eigenvalue weighted by molar-refractivity contribution is 0.0951. The molecule has 0 unspecified atom stereocenters. The van der Waals surface area contributed by atoms with E-state index < -0.39 is 0 Å². The van der Waals surface area contributed by atoms with E-state index in [1.54, 1.807) is 7.11 Å². The van der Waals surface area contributed by atoms with Crippen molar-refractivity contribution in [2.45, 2.75) is 6.54 Å². The van der Waals surface area contributed by atoms with Crippen molar-refractivity contribution >= 4 is 23.4 Å². The number of methoxy groups -OCH3 is 1. The van der Waals surface area contributed by atoms with Crippen LogP contribution in [0.1, 0.15) is 15.9 Å². The van der Waals surface area contributed by atoms with Gasteiger partial charge in [-0.15, -0.1) is 0 Å². The second-order valence-electron chi connectivity index (χ2n) is 7.31. The number of hydrogen-bond acceptors (Lipinski definition) is 7. The lowest BCUT2D eigenvalue weighted by Crippen LogP contribution is -2.47. The number of nitrogen functional groups attached to an aromatic ring is 1. The van der Waals surface area contributed by atoms with E-state index in [1.807, 2.05) is 42.5 Å². The quantitative estimate of drug-likeness (QED) is 0.634. The average molecular weight is 419 g/mol. The summed E-state index contributed by atoms with van der Waals surface area (Å²) in [4.78, 5) is 25.7. The molecule has 2 heterocycles. The number of carbonyl (C=O) groups excluding carboxylic acids is 1. The van der Waals surface area contributed by atoms with Crippen LogP contribution in [0, 0.1) is 0 Å². The Hall–Kier alpha value is -3.81. The molecule has 31 heavy (non-hydrogen) atoms. The first-order chi connectivity index (χ1) is 15.1. The molecule has 0 bridgehead atoms. The van der Waals surface area contributed by atoms with Gasteiger partial charge in [0.25, 0.3) is 5.91 Å². The summed E-state index contributed by atoms with van der Waals surface area (Å²) in [5.74, 6) is 1.30. The molecule has 160 valence electrons. The van der Waals surface area contributed by atoms with Gasteiger partial charge in [0, 0.05) is 44.6 Å². The molecule has 0 atom stereocenters. The first-order valence-electron chi connectivity index (χ1n) is 10.2. The number of benzene rings is 2. The monoisotopic (exact) mass is 418 g/mol. The van der Waals surface area contributed by atoms with Crippen LogP contribution in [0.3, 0.4) is 0 Å². The van der Waals surface area contributed by atoms with Crippen LogP contribution in [0.4, 0.5) is 17.5 Å². The normalized spacial score (nSPS) is 13.7. The van der Waals surface area contributed by atoms with Gasteiger partial charge < -0.3 is 25.6 Å². The van der Waals surface area contributed by atoms with Gasteiger partial charge in [0.1, 0.15) is 11.6 Å². The Morgan fingerprint density at radius 2 is 1.71 bits per heavy atom. The standard InChI is InChI=1S/C23H26N6O2/c1-31-19-9-7-18(8-10-19)28-11-13-29(14-12-28)23-26-16-20(21(24)27-23)22(30)25-15-17-5-3-2-4-6-17/h2-10,16H,11-15H2,1H3,(H,25,30)(H2,24,26,27). The highest BCUT2D eigenvalue weighted by molar-refractivity contribution is 5.98. The van der Waals surface area contributed by atoms with Crippen molar-refractivity contribution in [2.24, 2.45) is 0 Å². The maximum atomic E-state index is 12.5. The fraction of sp³-hybridized carbons (Fsp3) is 0.261. The van der Waals surface area contributed by atoms with Crippen LogP contribution in [0.15, 0.2) is 60.8 Å². The van der Waals surface area contributed by atoms with E-state index in [-0.39, 0.29) is 17.3 Å². The molecule has 1 amide bonds. The summed E-state index contributed by atoms with van der Waals surface area (Å²) in [5.41, 5.74) is 8.55. The van der Waals surface area contributed by atoms with Gasteiger partial charge in [0.15, 0.2) is 0 Å². The molecule has 4 rings (SSSR count). The number of ether oxygens (including phenoxy) is 1. The van der Waals surface area contributed by atoms with Crippen molar-refractivity contribution in [2.75, 3.05) is 48.8 Å². The molecule has 3 N–H and O–H groups in total. The molecule has 0 aliphatic carbocycles. The largest absolute Gasteiger partial charge is 0.497 e. The van der Waals surface area contributed by atoms with E-state index in [2.05, 4.69) is 37.2 Å². The number of rotatable bonds is 6. The van der Waals surface area contributed by atoms with E-state index in [9.17, 15) is 4.79 Å². The molecule has 0 saturated carbocycles. The van der Waals surface area contributed by atoms with Gasteiger partial charge in [-0.2, -0.15) is 4.98 Å². The highest BCUT2D eigenvalue weighted by atomic mass is 16.5. The van der Waals surface area contributed by atoms with Crippen molar-refractivity contribution in [3.63, 3.8) is 0 Å². The van der Waals surface area contributed by atoms with Crippen LogP contribution in [-0.4, -0.2) is 49.2 Å². The lowest BCUT2D eigenvalue weighted by Gasteiger charge is -2.36. The smallest absolute Gasteiger partial charge is 0.256 e. The molecule has 1 saturated heterocycles. The second-order valence-corrected chi connectivity index (χ2v) is 7.31. The summed E-state index contributed by atoms with van der Waals surface area (Å²) in [6.45, 7) is 3.65. The van der Waals surface area contributed by atoms with Gasteiger partial charge in [-0.3, -0.25) is 4.79 Å². The third-order valence-electron chi connectivity index (χ3n) is 5.35. The van der Waals surface area contributed by atoms with Crippen LogP contribution in [0.5, 0.6) is 5.75 Å². The molecule has 2 aromatic carbocycles. The first-order valence-corrected chi connectivity index (χ1v) is 10.2. The summed E-state index contributed by atoms with van der Waals surface area (Å²) in [6.07, 6.45) is 1.51. The molecule has 8 heteroatoms. The number of anilines is 3. The minimum absolute atomic E-state index is 0.188. The summed E-state index contributed by atoms with van der Waals surface area (Å²) in [7, 11) is 1.66. The zero-order valence-corrected chi connectivity index (χ0v) is 17.5. The Kier molecular flexibility index (Phi) is 6.16. The molecule has 3 aromatic rings. The Labute approximate surface area is 181 Å². The zero-order valence-electron chi connectivity index (χ0n) is 17.5. The average Bonchev–Trinajstić information content (AvgIpc) is 2.83. The van der Waals surface area contributed by atoms with E-state index in [0.29, 0.717) is 12.5 Å². The fourth-order valence-electron chi connectivity index (χ4n) is 3.54. The minimum Gasteiger partial charge on any atom is -0.497 e. The molecule has 1 aliphatic heterocycles. The molecular weight excluding hydrogens is 392 g/mol. The van der Waals surface area contributed by atoms with Crippen LogP contribution >= 0.6 is 0 Å². The SMILES string of the molecule is COc1ccc(N2CCN(c3ncc(C(=O)NCc4ccccc4)c(N)n3)CC2)cc1. The predicted molar refractivity (Wildman–Crippen MR) is 121 cm³/mol. The van der Waals surface area contributed by atoms with Crippen molar-refractivity contribution < 1.29 is 9.53 Å². The Morgan fingerprint density at radius 3 is 2.35 bits per heavy atom. The maximum Gasteiger partial charge on any atom is 0.256 e. The second kappa shape index (κ2) is 9.34. The summed E-state index contributed by atoms with van der Waals surface area (Å²) < 4.78 is 5.22. The van der Waals surface area contributed by atoms with Crippen molar-refractivity contribution in [3.05, 3.63) is 71.9 Å². The highest BCUT2D eigenvalue weighted by Gasteiger charge is 2.21. The van der Waals surface area contributed by atoms with Gasteiger partial charge in [0.05, 0.1) is 12.7 Å². The van der Waals surface area contributed by atoms with E-state index >= 15 is 0 Å². The molecular formula is C23H26N6O2. The Balaban J connectivity index is 1.35. The van der Waals surface area contributed by atoms with Gasteiger partial charge in [-0.1, -0.05) is 30.3 Å². The Morgan fingerprint density at radius 1 is 1.03 bits per heavy atom. The first kappa shape index (κ1) is 20.5. The van der Waals surface area contributed by atoms with Crippen molar-refractivity contribution in [3.8, 4) is 5.75 Å². The van der Waals surface area contributed by atoms with Crippen LogP contribution in [-0.2, 0) is 6.54 Å². The van der Waals surface area contributed by atoms with Crippen molar-refractivity contribution in [1.29, 1.82) is 0 Å². The van der Waals surface area contributed by atoms with Gasteiger partial charge in [-0.05, 0) is 29.8 Å². The number of nitrogens with two attached hydrogens (primary N) is 1. The van der Waals surface area contributed by atoms with Gasteiger partial charge in [0.2, 0.25) is 5.95 Å². The van der Waals surface area contributed by atoms with E-state index in [4.69, 9.17) is 10.5 Å². The van der Waals surface area contributed by atoms with Crippen molar-refractivity contribution in [1.82, 2.24) is 15.3 Å². The van der Waals surface area contributed by atoms with E-state index in [0.717, 1.165) is 43.2 Å². The van der Waals surface area contributed by atoms with Crippen LogP contribution < -0.4 is 25.6 Å². The van der Waals surface area contributed by atoms with Crippen LogP contribution in [0.2, 0.25) is 0 Å². The molecule has 1 aliphatic rings. The lowest BCUT2D eigenvalue weighted by atomic mass is 10.2. The summed E-state index contributed by atoms with van der Waals surface area (Å²) in [5, 5.41) is 2.86. The van der Waals surface area contributed by atoms with Gasteiger partial charge >= 0.3 is 0 Å². The number of nitrogens with one attached hydrogen (secondary N) is 1. The molecule has 1 aromatic heterocycles. The van der Waals surface area contributed by atoms with Gasteiger partial charge in [-0.25, -0.2) is 4.98 Å². The third-order valence-corrected chi connectivity index (χ3v) is 5.35. The number of hydrogen-bond donors (Lipinski definition) is 2. The number of aromatic nitrogens is 2.